The molecule has 6 aliphatic heterocycles. The molecule has 1 N–H and O–H groups in total. The van der Waals surface area contributed by atoms with E-state index >= 15 is 0 Å². The Bertz CT molecular complexity index is 3320. The van der Waals surface area contributed by atoms with Crippen molar-refractivity contribution in [3.05, 3.63) is 131 Å². The first-order valence-electron chi connectivity index (χ1n) is 27.4. The highest BCUT2D eigenvalue weighted by atomic mass is 16.6. The van der Waals surface area contributed by atoms with Crippen molar-refractivity contribution in [1.29, 1.82) is 10.5 Å². The van der Waals surface area contributed by atoms with E-state index in [1.165, 1.54) is 11.4 Å². The predicted octanol–water partition coefficient (Wildman–Crippen LogP) is 8.97. The van der Waals surface area contributed by atoms with Crippen LogP contribution in [0.3, 0.4) is 0 Å². The van der Waals surface area contributed by atoms with Crippen molar-refractivity contribution in [2.45, 2.75) is 77.1 Å². The third-order valence-electron chi connectivity index (χ3n) is 14.8. The summed E-state index contributed by atoms with van der Waals surface area (Å²) < 4.78 is 28.8. The second kappa shape index (κ2) is 23.8. The van der Waals surface area contributed by atoms with Gasteiger partial charge in [-0.15, -0.1) is 0 Å². The number of amides is 1. The van der Waals surface area contributed by atoms with Crippen molar-refractivity contribution in [3.8, 4) is 46.2 Å². The lowest BCUT2D eigenvalue weighted by atomic mass is 10.0. The minimum absolute atomic E-state index is 0.0956. The third-order valence-corrected chi connectivity index (χ3v) is 14.8. The number of rotatable bonds is 10. The summed E-state index contributed by atoms with van der Waals surface area (Å²) in [4.78, 5) is 46.8. The molecular formula is C61H64N12O6. The summed E-state index contributed by atoms with van der Waals surface area (Å²) in [6, 6.07) is 32.9. The first-order chi connectivity index (χ1) is 38.5. The molecule has 18 heteroatoms. The summed E-state index contributed by atoms with van der Waals surface area (Å²) in [6.07, 6.45) is 7.36. The molecule has 12 rings (SSSR count). The number of morpholine rings is 2. The number of hydrogen-bond donors (Lipinski definition) is 1. The van der Waals surface area contributed by atoms with Gasteiger partial charge < -0.3 is 43.7 Å². The Morgan fingerprint density at radius 3 is 1.44 bits per heavy atom. The Kier molecular flexibility index (Phi) is 15.9. The van der Waals surface area contributed by atoms with Gasteiger partial charge in [0.15, 0.2) is 0 Å². The lowest BCUT2D eigenvalue weighted by Crippen LogP contribution is -2.44. The topological polar surface area (TPSA) is 209 Å². The molecule has 0 spiro atoms. The van der Waals surface area contributed by atoms with Gasteiger partial charge in [-0.25, -0.2) is 34.7 Å². The number of ether oxygens (including phenoxy) is 5. The normalized spacial score (nSPS) is 17.5. The maximum Gasteiger partial charge on any atom is 0.410 e. The van der Waals surface area contributed by atoms with Crippen molar-refractivity contribution < 1.29 is 28.5 Å². The Labute approximate surface area is 460 Å². The molecule has 4 saturated heterocycles. The van der Waals surface area contributed by atoms with Crippen LogP contribution in [-0.2, 0) is 27.1 Å². The molecule has 6 aliphatic rings. The standard InChI is InChI=1S/C33H36N6O4.C28H28N6O2/c1-33(2,3)43-32(40)39-12-10-26(11-13-39)42-29-9-6-23(18-24(29)20-34)30-31-28(35-21-36-30)19-27(37-31)22-4-7-25(8-5-22)38-14-16-41-17-15-38;29-17-21-15-20(3-6-26(21)36-23-7-9-30-10-8-23)27-28-25(31-18-32-27)16-24(33-28)19-1-4-22(5-2-19)34-11-13-35-14-12-34/h4-9,18,21,26H,10-17,19H2,1-3H3;1-6,15,18,23,30H,7-14,16H2. The molecule has 0 radical (unpaired) electrons. The van der Waals surface area contributed by atoms with Gasteiger partial charge in [-0.3, -0.25) is 0 Å². The van der Waals surface area contributed by atoms with Crippen molar-refractivity contribution >= 4 is 40.3 Å². The molecule has 4 aromatic carbocycles. The number of hydrogen-bond acceptors (Lipinski definition) is 17. The molecule has 0 saturated carbocycles. The SMILES string of the molecule is CC(C)(C)OC(=O)N1CCC(Oc2ccc(-c3ncnc4c3N=C(c3ccc(N5CCOCC5)cc3)C4)cc2C#N)CC1.N#Cc1cc(-c2ncnc3c2N=C(c2ccc(N4CCOCC4)cc2)C3)ccc1OC1CCNCC1. The fraction of sp³-hybridized carbons (Fsp3) is 0.393. The summed E-state index contributed by atoms with van der Waals surface area (Å²) in [5.74, 6) is 1.15. The fourth-order valence-corrected chi connectivity index (χ4v) is 10.6. The second-order valence-corrected chi connectivity index (χ2v) is 21.3. The second-order valence-electron chi connectivity index (χ2n) is 21.3. The van der Waals surface area contributed by atoms with E-state index in [0.29, 0.717) is 67.1 Å². The van der Waals surface area contributed by atoms with Gasteiger partial charge in [-0.2, -0.15) is 10.5 Å². The Morgan fingerprint density at radius 2 is 1.01 bits per heavy atom. The number of carbonyl (C=O) groups excluding carboxylic acids is 1. The highest BCUT2D eigenvalue weighted by Gasteiger charge is 2.30. The molecule has 0 bridgehead atoms. The van der Waals surface area contributed by atoms with Crippen molar-refractivity contribution in [2.75, 3.05) is 88.6 Å². The first-order valence-corrected chi connectivity index (χ1v) is 27.4. The van der Waals surface area contributed by atoms with E-state index in [9.17, 15) is 15.3 Å². The summed E-state index contributed by atoms with van der Waals surface area (Å²) in [7, 11) is 0. The number of nitrogens with one attached hydrogen (secondary N) is 1. The molecule has 18 nitrogen and oxygen atoms in total. The van der Waals surface area contributed by atoms with E-state index in [0.717, 1.165) is 141 Å². The number of aliphatic imine (C=N–C) groups is 2. The predicted molar refractivity (Wildman–Crippen MR) is 301 cm³/mol. The summed E-state index contributed by atoms with van der Waals surface area (Å²) in [5.41, 5.74) is 13.2. The van der Waals surface area contributed by atoms with Gasteiger partial charge in [0.1, 0.15) is 65.5 Å². The summed E-state index contributed by atoms with van der Waals surface area (Å²) >= 11 is 0. The van der Waals surface area contributed by atoms with E-state index in [2.05, 4.69) is 95.7 Å². The maximum absolute atomic E-state index is 12.4. The maximum atomic E-state index is 12.4. The van der Waals surface area contributed by atoms with E-state index in [4.69, 9.17) is 33.7 Å². The van der Waals surface area contributed by atoms with Crippen LogP contribution in [0.15, 0.2) is 108 Å². The number of piperidine rings is 2. The number of fused-ring (bicyclic) bond motifs is 2. The van der Waals surface area contributed by atoms with Gasteiger partial charge in [-0.1, -0.05) is 24.3 Å². The van der Waals surface area contributed by atoms with Crippen LogP contribution >= 0.6 is 0 Å². The number of aromatic nitrogens is 4. The van der Waals surface area contributed by atoms with Gasteiger partial charge in [0.2, 0.25) is 0 Å². The van der Waals surface area contributed by atoms with Crippen LogP contribution in [0, 0.1) is 22.7 Å². The fourth-order valence-electron chi connectivity index (χ4n) is 10.6. The van der Waals surface area contributed by atoms with Crippen LogP contribution in [0.4, 0.5) is 27.5 Å². The smallest absolute Gasteiger partial charge is 0.410 e. The number of benzene rings is 4. The van der Waals surface area contributed by atoms with E-state index in [1.54, 1.807) is 23.6 Å². The van der Waals surface area contributed by atoms with Crippen LogP contribution in [0.2, 0.25) is 0 Å². The molecule has 4 fully saturated rings. The average Bonchev–Trinajstić information content (AvgIpc) is 4.29. The quantitative estimate of drug-likeness (QED) is 0.136. The highest BCUT2D eigenvalue weighted by molar-refractivity contribution is 6.08. The third kappa shape index (κ3) is 12.4. The summed E-state index contributed by atoms with van der Waals surface area (Å²) in [6.45, 7) is 15.2. The molecular weight excluding hydrogens is 997 g/mol. The van der Waals surface area contributed by atoms with E-state index in [1.807, 2.05) is 51.1 Å². The molecule has 6 aromatic rings. The van der Waals surface area contributed by atoms with Crippen molar-refractivity contribution in [2.24, 2.45) is 9.98 Å². The Balaban J connectivity index is 0.000000170. The number of carbonyl (C=O) groups is 1. The number of nitriles is 2. The molecule has 0 unspecified atom stereocenters. The Morgan fingerprint density at radius 1 is 0.582 bits per heavy atom. The van der Waals surface area contributed by atoms with Crippen molar-refractivity contribution in [1.82, 2.24) is 30.2 Å². The lowest BCUT2D eigenvalue weighted by Gasteiger charge is -2.33. The minimum Gasteiger partial charge on any atom is -0.489 e. The minimum atomic E-state index is -0.528. The lowest BCUT2D eigenvalue weighted by molar-refractivity contribution is 0.0126. The average molecular weight is 1060 g/mol. The molecule has 0 aliphatic carbocycles. The van der Waals surface area contributed by atoms with Gasteiger partial charge in [0.25, 0.3) is 0 Å². The largest absolute Gasteiger partial charge is 0.489 e. The molecule has 1 amide bonds. The van der Waals surface area contributed by atoms with Gasteiger partial charge in [0.05, 0.1) is 71.8 Å². The molecule has 2 aromatic heterocycles. The van der Waals surface area contributed by atoms with E-state index < -0.39 is 5.60 Å². The zero-order chi connectivity index (χ0) is 54.3. The molecule has 404 valence electrons. The van der Waals surface area contributed by atoms with Gasteiger partial charge in [0, 0.05) is 87.5 Å². The number of anilines is 2. The molecule has 79 heavy (non-hydrogen) atoms. The van der Waals surface area contributed by atoms with Crippen LogP contribution < -0.4 is 24.6 Å². The monoisotopic (exact) mass is 1060 g/mol. The molecule has 8 heterocycles. The molecule has 0 atom stereocenters. The zero-order valence-electron chi connectivity index (χ0n) is 45.0. The van der Waals surface area contributed by atoms with Crippen LogP contribution in [0.25, 0.3) is 22.5 Å². The number of nitrogens with zero attached hydrogens (tertiary/aromatic N) is 11. The number of likely N-dealkylation sites (tertiary alicyclic amines) is 1. The highest BCUT2D eigenvalue weighted by Crippen LogP contribution is 2.40. The summed E-state index contributed by atoms with van der Waals surface area (Å²) in [5, 5.41) is 23.1. The van der Waals surface area contributed by atoms with Crippen LogP contribution in [-0.4, -0.2) is 139 Å². The Hall–Kier alpha value is -8.29. The zero-order valence-corrected chi connectivity index (χ0v) is 45.0. The van der Waals surface area contributed by atoms with E-state index in [-0.39, 0.29) is 18.3 Å². The van der Waals surface area contributed by atoms with Crippen LogP contribution in [0.5, 0.6) is 11.5 Å². The van der Waals surface area contributed by atoms with Gasteiger partial charge >= 0.3 is 6.09 Å². The van der Waals surface area contributed by atoms with Crippen molar-refractivity contribution in [3.63, 3.8) is 0 Å². The van der Waals surface area contributed by atoms with Gasteiger partial charge in [-0.05, 0) is 118 Å². The first kappa shape index (κ1) is 52.7. The van der Waals surface area contributed by atoms with Crippen LogP contribution in [0.1, 0.15) is 80.1 Å².